The highest BCUT2D eigenvalue weighted by atomic mass is 127. The molecule has 0 aliphatic carbocycles. The topological polar surface area (TPSA) is 82.8 Å². The molecule has 1 aliphatic heterocycles. The van der Waals surface area contributed by atoms with E-state index in [9.17, 15) is 10.1 Å². The predicted octanol–water partition coefficient (Wildman–Crippen LogP) is 3.53. The highest BCUT2D eigenvalue weighted by Crippen LogP contribution is 2.16. The number of guanidine groups is 1. The fourth-order valence-electron chi connectivity index (χ4n) is 3.21. The number of non-ortho nitro benzene ring substituents is 1. The van der Waals surface area contributed by atoms with Gasteiger partial charge in [0.1, 0.15) is 0 Å². The minimum atomic E-state index is -0.387. The second kappa shape index (κ2) is 12.9. The number of nitro groups is 1. The number of nitro benzene ring substituents is 1. The quantitative estimate of drug-likeness (QED) is 0.146. The Morgan fingerprint density at radius 2 is 2.04 bits per heavy atom. The van der Waals surface area contributed by atoms with E-state index in [1.165, 1.54) is 37.9 Å². The highest BCUT2D eigenvalue weighted by Gasteiger charge is 2.17. The molecular formula is C19H32IN5O2. The third-order valence-electron chi connectivity index (χ3n) is 4.77. The van der Waals surface area contributed by atoms with Gasteiger partial charge < -0.3 is 15.5 Å². The first-order chi connectivity index (χ1) is 12.6. The van der Waals surface area contributed by atoms with Crippen LogP contribution in [0.2, 0.25) is 0 Å². The van der Waals surface area contributed by atoms with Crippen LogP contribution in [0.3, 0.4) is 0 Å². The largest absolute Gasteiger partial charge is 0.357 e. The van der Waals surface area contributed by atoms with Crippen LogP contribution in [0.25, 0.3) is 0 Å². The van der Waals surface area contributed by atoms with Crippen LogP contribution >= 0.6 is 24.0 Å². The maximum absolute atomic E-state index is 10.7. The normalized spacial score (nSPS) is 17.9. The minimum absolute atomic E-state index is 0. The van der Waals surface area contributed by atoms with Gasteiger partial charge in [0.15, 0.2) is 5.96 Å². The third kappa shape index (κ3) is 8.42. The van der Waals surface area contributed by atoms with E-state index in [0.29, 0.717) is 12.6 Å². The molecule has 1 aliphatic rings. The Hall–Kier alpha value is -1.42. The van der Waals surface area contributed by atoms with Gasteiger partial charge in [-0.2, -0.15) is 0 Å². The Morgan fingerprint density at radius 3 is 2.67 bits per heavy atom. The zero-order chi connectivity index (χ0) is 18.8. The number of piperidine rings is 1. The maximum atomic E-state index is 10.7. The van der Waals surface area contributed by atoms with Crippen molar-refractivity contribution in [2.45, 2.75) is 52.1 Å². The molecule has 2 rings (SSSR count). The lowest BCUT2D eigenvalue weighted by Gasteiger charge is -2.33. The zero-order valence-electron chi connectivity index (χ0n) is 16.3. The fourth-order valence-corrected chi connectivity index (χ4v) is 3.21. The van der Waals surface area contributed by atoms with Crippen molar-refractivity contribution >= 4 is 35.6 Å². The van der Waals surface area contributed by atoms with Crippen molar-refractivity contribution < 1.29 is 4.92 Å². The lowest BCUT2D eigenvalue weighted by Crippen LogP contribution is -2.41. The summed E-state index contributed by atoms with van der Waals surface area (Å²) < 4.78 is 0. The molecule has 0 aromatic heterocycles. The van der Waals surface area contributed by atoms with E-state index < -0.39 is 0 Å². The molecule has 27 heavy (non-hydrogen) atoms. The van der Waals surface area contributed by atoms with Gasteiger partial charge in [-0.15, -0.1) is 24.0 Å². The molecule has 1 heterocycles. The fraction of sp³-hybridized carbons (Fsp3) is 0.632. The van der Waals surface area contributed by atoms with E-state index in [0.717, 1.165) is 37.6 Å². The van der Waals surface area contributed by atoms with Gasteiger partial charge in [0.25, 0.3) is 5.69 Å². The van der Waals surface area contributed by atoms with Crippen LogP contribution in [0.15, 0.2) is 29.3 Å². The van der Waals surface area contributed by atoms with Crippen LogP contribution < -0.4 is 10.6 Å². The molecule has 0 bridgehead atoms. The SMILES string of the molecule is CCNC(=NCc1ccc([N+](=O)[O-])cc1)NCCCN1CCCCC1C.I. The first-order valence-electron chi connectivity index (χ1n) is 9.59. The van der Waals surface area contributed by atoms with E-state index >= 15 is 0 Å². The van der Waals surface area contributed by atoms with E-state index in [2.05, 4.69) is 27.4 Å². The highest BCUT2D eigenvalue weighted by molar-refractivity contribution is 14.0. The summed E-state index contributed by atoms with van der Waals surface area (Å²) in [5.41, 5.74) is 1.06. The van der Waals surface area contributed by atoms with Gasteiger partial charge in [-0.25, -0.2) is 4.99 Å². The summed E-state index contributed by atoms with van der Waals surface area (Å²) in [7, 11) is 0. The number of aliphatic imine (C=N–C) groups is 1. The average molecular weight is 489 g/mol. The monoisotopic (exact) mass is 489 g/mol. The van der Waals surface area contributed by atoms with Crippen LogP contribution in [-0.2, 0) is 6.54 Å². The van der Waals surface area contributed by atoms with Crippen molar-refractivity contribution in [1.29, 1.82) is 0 Å². The summed E-state index contributed by atoms with van der Waals surface area (Å²) in [6, 6.07) is 7.25. The molecule has 1 fully saturated rings. The Bertz CT molecular complexity index is 594. The Balaban J connectivity index is 0.00000364. The minimum Gasteiger partial charge on any atom is -0.357 e. The molecule has 1 atom stereocenters. The van der Waals surface area contributed by atoms with Gasteiger partial charge in [0.2, 0.25) is 0 Å². The second-order valence-corrected chi connectivity index (χ2v) is 6.78. The molecule has 0 saturated carbocycles. The van der Waals surface area contributed by atoms with Crippen molar-refractivity contribution in [2.75, 3.05) is 26.2 Å². The van der Waals surface area contributed by atoms with Crippen molar-refractivity contribution in [3.8, 4) is 0 Å². The van der Waals surface area contributed by atoms with E-state index in [1.54, 1.807) is 12.1 Å². The third-order valence-corrected chi connectivity index (χ3v) is 4.77. The van der Waals surface area contributed by atoms with Crippen molar-refractivity contribution in [3.63, 3.8) is 0 Å². The maximum Gasteiger partial charge on any atom is 0.269 e. The first-order valence-corrected chi connectivity index (χ1v) is 9.59. The second-order valence-electron chi connectivity index (χ2n) is 6.78. The standard InChI is InChI=1S/C19H31N5O2.HI/c1-3-20-19(21-12-6-14-23-13-5-4-7-16(23)2)22-15-17-8-10-18(11-9-17)24(25)26;/h8-11,16H,3-7,12-15H2,1-2H3,(H2,20,21,22);1H. The average Bonchev–Trinajstić information content (AvgIpc) is 2.64. The predicted molar refractivity (Wildman–Crippen MR) is 121 cm³/mol. The van der Waals surface area contributed by atoms with Crippen LogP contribution in [-0.4, -0.2) is 48.0 Å². The number of nitrogens with one attached hydrogen (secondary N) is 2. The van der Waals surface area contributed by atoms with E-state index in [1.807, 2.05) is 6.92 Å². The van der Waals surface area contributed by atoms with Crippen LogP contribution in [0.5, 0.6) is 0 Å². The van der Waals surface area contributed by atoms with E-state index in [-0.39, 0.29) is 34.6 Å². The molecule has 0 radical (unpaired) electrons. The van der Waals surface area contributed by atoms with Gasteiger partial charge in [0, 0.05) is 37.8 Å². The van der Waals surface area contributed by atoms with Gasteiger partial charge in [-0.1, -0.05) is 18.6 Å². The number of hydrogen-bond donors (Lipinski definition) is 2. The number of likely N-dealkylation sites (tertiary alicyclic amines) is 1. The Kier molecular flexibility index (Phi) is 11.3. The van der Waals surface area contributed by atoms with Gasteiger partial charge in [-0.3, -0.25) is 10.1 Å². The van der Waals surface area contributed by atoms with Crippen LogP contribution in [0, 0.1) is 10.1 Å². The summed E-state index contributed by atoms with van der Waals surface area (Å²) in [5.74, 6) is 0.789. The van der Waals surface area contributed by atoms with Crippen molar-refractivity contribution in [1.82, 2.24) is 15.5 Å². The van der Waals surface area contributed by atoms with Crippen molar-refractivity contribution in [3.05, 3.63) is 39.9 Å². The first kappa shape index (κ1) is 23.6. The molecule has 1 aromatic rings. The lowest BCUT2D eigenvalue weighted by molar-refractivity contribution is -0.384. The molecule has 7 nitrogen and oxygen atoms in total. The summed E-state index contributed by atoms with van der Waals surface area (Å²) in [4.78, 5) is 17.5. The summed E-state index contributed by atoms with van der Waals surface area (Å²) >= 11 is 0. The molecule has 0 amide bonds. The lowest BCUT2D eigenvalue weighted by atomic mass is 10.0. The molecule has 1 aromatic carbocycles. The number of benzene rings is 1. The summed E-state index contributed by atoms with van der Waals surface area (Å²) in [5, 5.41) is 17.3. The molecule has 2 N–H and O–H groups in total. The zero-order valence-corrected chi connectivity index (χ0v) is 18.6. The van der Waals surface area contributed by atoms with Crippen LogP contribution in [0.4, 0.5) is 5.69 Å². The molecule has 8 heteroatoms. The molecule has 0 spiro atoms. The number of nitrogens with zero attached hydrogens (tertiary/aromatic N) is 3. The Morgan fingerprint density at radius 1 is 1.30 bits per heavy atom. The molecule has 1 unspecified atom stereocenters. The van der Waals surface area contributed by atoms with Gasteiger partial charge in [-0.05, 0) is 45.2 Å². The Labute approximate surface area is 179 Å². The van der Waals surface area contributed by atoms with Gasteiger partial charge in [0.05, 0.1) is 11.5 Å². The van der Waals surface area contributed by atoms with Crippen LogP contribution in [0.1, 0.15) is 45.1 Å². The molecule has 1 saturated heterocycles. The molecular weight excluding hydrogens is 457 g/mol. The smallest absolute Gasteiger partial charge is 0.269 e. The summed E-state index contributed by atoms with van der Waals surface area (Å²) in [6.45, 7) is 8.88. The molecule has 152 valence electrons. The van der Waals surface area contributed by atoms with E-state index in [4.69, 9.17) is 0 Å². The summed E-state index contributed by atoms with van der Waals surface area (Å²) in [6.07, 6.45) is 5.08. The number of halogens is 1. The van der Waals surface area contributed by atoms with Gasteiger partial charge >= 0.3 is 0 Å². The number of rotatable bonds is 8. The van der Waals surface area contributed by atoms with Crippen molar-refractivity contribution in [2.24, 2.45) is 4.99 Å². The number of hydrogen-bond acceptors (Lipinski definition) is 4.